The zero-order chi connectivity index (χ0) is 20.4. The number of hydrogen-bond donors (Lipinski definition) is 1. The highest BCUT2D eigenvalue weighted by Crippen LogP contribution is 2.48. The van der Waals surface area contributed by atoms with Gasteiger partial charge in [0, 0.05) is 16.4 Å². The molecule has 1 N–H and O–H groups in total. The summed E-state index contributed by atoms with van der Waals surface area (Å²) < 4.78 is 77.2. The number of halogens is 6. The van der Waals surface area contributed by atoms with Gasteiger partial charge in [-0.1, -0.05) is 33.1 Å². The third kappa shape index (κ3) is 5.64. The second-order valence-electron chi connectivity index (χ2n) is 7.64. The molecule has 0 unspecified atom stereocenters. The predicted molar refractivity (Wildman–Crippen MR) is 85.6 cm³/mol. The molecule has 0 aromatic carbocycles. The summed E-state index contributed by atoms with van der Waals surface area (Å²) in [6.45, 7) is 3.62. The number of carbonyl (C=O) groups is 1. The van der Waals surface area contributed by atoms with E-state index >= 15 is 0 Å². The second kappa shape index (κ2) is 7.80. The van der Waals surface area contributed by atoms with Crippen LogP contribution in [0.25, 0.3) is 0 Å². The Labute approximate surface area is 149 Å². The van der Waals surface area contributed by atoms with E-state index in [1.165, 1.54) is 0 Å². The Morgan fingerprint density at radius 2 is 1.38 bits per heavy atom. The molecule has 0 amide bonds. The molecule has 0 atom stereocenters. The van der Waals surface area contributed by atoms with Gasteiger partial charge in [0.15, 0.2) is 5.78 Å². The molecule has 1 saturated carbocycles. The molecular weight excluding hydrogens is 362 g/mol. The minimum absolute atomic E-state index is 0.384. The Morgan fingerprint density at radius 1 is 0.962 bits per heavy atom. The topological polar surface area (TPSA) is 37.3 Å². The van der Waals surface area contributed by atoms with Crippen molar-refractivity contribution in [2.75, 3.05) is 0 Å². The van der Waals surface area contributed by atoms with Crippen LogP contribution in [-0.2, 0) is 4.79 Å². The summed E-state index contributed by atoms with van der Waals surface area (Å²) >= 11 is 0. The molecule has 8 heteroatoms. The number of ketones is 1. The molecule has 0 bridgehead atoms. The maximum Gasteiger partial charge on any atom is 0.390 e. The first-order valence-electron chi connectivity index (χ1n) is 8.74. The minimum atomic E-state index is -4.91. The van der Waals surface area contributed by atoms with E-state index in [0.717, 1.165) is 26.2 Å². The summed E-state index contributed by atoms with van der Waals surface area (Å²) in [5.74, 6) is -1.64. The third-order valence-corrected chi connectivity index (χ3v) is 5.42. The summed E-state index contributed by atoms with van der Waals surface area (Å²) in [6, 6.07) is 0. The SMILES string of the molecule is CCC1(C(=O)/C(C)=C(\O)C(C)(CC(F)(F)F)CC(F)(F)F)CCCCC1. The van der Waals surface area contributed by atoms with Crippen LogP contribution >= 0.6 is 0 Å². The first-order chi connectivity index (χ1) is 11.7. The summed E-state index contributed by atoms with van der Waals surface area (Å²) in [7, 11) is 0. The fourth-order valence-electron chi connectivity index (χ4n) is 4.04. The van der Waals surface area contributed by atoms with Crippen molar-refractivity contribution in [2.45, 2.75) is 84.5 Å². The molecular formula is C18H26F6O2. The van der Waals surface area contributed by atoms with E-state index in [1.807, 2.05) is 0 Å². The minimum Gasteiger partial charge on any atom is -0.511 e. The van der Waals surface area contributed by atoms with Crippen molar-refractivity contribution in [3.05, 3.63) is 11.3 Å². The van der Waals surface area contributed by atoms with Gasteiger partial charge in [0.05, 0.1) is 12.8 Å². The molecule has 26 heavy (non-hydrogen) atoms. The highest BCUT2D eigenvalue weighted by Gasteiger charge is 2.50. The Kier molecular flexibility index (Phi) is 6.85. The van der Waals surface area contributed by atoms with E-state index in [9.17, 15) is 36.2 Å². The third-order valence-electron chi connectivity index (χ3n) is 5.42. The van der Waals surface area contributed by atoms with Crippen LogP contribution in [0.1, 0.15) is 72.1 Å². The van der Waals surface area contributed by atoms with Crippen LogP contribution < -0.4 is 0 Å². The molecule has 0 aliphatic heterocycles. The molecule has 0 spiro atoms. The fourth-order valence-corrected chi connectivity index (χ4v) is 4.04. The van der Waals surface area contributed by atoms with Crippen LogP contribution in [0.15, 0.2) is 11.3 Å². The lowest BCUT2D eigenvalue weighted by Crippen LogP contribution is -2.37. The molecule has 1 rings (SSSR count). The predicted octanol–water partition coefficient (Wildman–Crippen LogP) is 6.66. The maximum absolute atomic E-state index is 12.9. The summed E-state index contributed by atoms with van der Waals surface area (Å²) in [5, 5.41) is 10.3. The van der Waals surface area contributed by atoms with E-state index in [0.29, 0.717) is 26.2 Å². The van der Waals surface area contributed by atoms with Gasteiger partial charge in [-0.25, -0.2) is 0 Å². The number of rotatable bonds is 6. The molecule has 1 fully saturated rings. The number of hydrogen-bond acceptors (Lipinski definition) is 2. The van der Waals surface area contributed by atoms with Crippen LogP contribution in [0.3, 0.4) is 0 Å². The highest BCUT2D eigenvalue weighted by molar-refractivity contribution is 6.00. The second-order valence-corrected chi connectivity index (χ2v) is 7.64. The van der Waals surface area contributed by atoms with Gasteiger partial charge >= 0.3 is 12.4 Å². The Hall–Kier alpha value is -1.21. The molecule has 1 aliphatic carbocycles. The number of allylic oxidation sites excluding steroid dienone is 2. The molecule has 2 nitrogen and oxygen atoms in total. The van der Waals surface area contributed by atoms with Crippen molar-refractivity contribution in [1.82, 2.24) is 0 Å². The zero-order valence-corrected chi connectivity index (χ0v) is 15.3. The first-order valence-corrected chi connectivity index (χ1v) is 8.74. The molecule has 0 aromatic heterocycles. The van der Waals surface area contributed by atoms with Crippen molar-refractivity contribution >= 4 is 5.78 Å². The standard InChI is InChI=1S/C18H26F6O2/c1-4-16(8-6-5-7-9-16)14(26)12(2)13(25)15(3,10-17(19,20)21)11-18(22,23)24/h25H,4-11H2,1-3H3/b13-12-. The van der Waals surface area contributed by atoms with Crippen LogP contribution in [0.2, 0.25) is 0 Å². The molecule has 0 heterocycles. The van der Waals surface area contributed by atoms with Crippen molar-refractivity contribution in [3.8, 4) is 0 Å². The van der Waals surface area contributed by atoms with Gasteiger partial charge in [0.25, 0.3) is 0 Å². The monoisotopic (exact) mass is 388 g/mol. The number of Topliss-reactive ketones (excluding diaryl/α,β-unsaturated/α-hetero) is 1. The van der Waals surface area contributed by atoms with E-state index in [2.05, 4.69) is 0 Å². The van der Waals surface area contributed by atoms with Gasteiger partial charge in [-0.05, 0) is 26.2 Å². The van der Waals surface area contributed by atoms with Gasteiger partial charge in [0.1, 0.15) is 5.76 Å². The van der Waals surface area contributed by atoms with Gasteiger partial charge in [-0.2, -0.15) is 26.3 Å². The zero-order valence-electron chi connectivity index (χ0n) is 15.3. The lowest BCUT2D eigenvalue weighted by molar-refractivity contribution is -0.190. The van der Waals surface area contributed by atoms with Crippen LogP contribution in [0.4, 0.5) is 26.3 Å². The molecule has 0 aromatic rings. The van der Waals surface area contributed by atoms with Crippen LogP contribution in [-0.4, -0.2) is 23.2 Å². The molecule has 152 valence electrons. The van der Waals surface area contributed by atoms with Crippen LogP contribution in [0, 0.1) is 10.8 Å². The average Bonchev–Trinajstić information content (AvgIpc) is 2.49. The van der Waals surface area contributed by atoms with E-state index in [-0.39, 0.29) is 5.57 Å². The average molecular weight is 388 g/mol. The number of carbonyl (C=O) groups excluding carboxylic acids is 1. The largest absolute Gasteiger partial charge is 0.511 e. The van der Waals surface area contributed by atoms with E-state index < -0.39 is 47.6 Å². The molecule has 0 saturated heterocycles. The Balaban J connectivity index is 3.32. The van der Waals surface area contributed by atoms with Gasteiger partial charge in [-0.15, -0.1) is 0 Å². The van der Waals surface area contributed by atoms with E-state index in [1.54, 1.807) is 6.92 Å². The normalized spacial score (nSPS) is 19.9. The van der Waals surface area contributed by atoms with Gasteiger partial charge < -0.3 is 5.11 Å². The summed E-state index contributed by atoms with van der Waals surface area (Å²) in [5.41, 5.74) is -3.82. The maximum atomic E-state index is 12.9. The highest BCUT2D eigenvalue weighted by atomic mass is 19.4. The lowest BCUT2D eigenvalue weighted by Gasteiger charge is -2.37. The lowest BCUT2D eigenvalue weighted by atomic mass is 9.66. The number of aliphatic hydroxyl groups excluding tert-OH is 1. The van der Waals surface area contributed by atoms with Gasteiger partial charge in [-0.3, -0.25) is 4.79 Å². The Bertz CT molecular complexity index is 523. The fraction of sp³-hybridized carbons (Fsp3) is 0.833. The van der Waals surface area contributed by atoms with Crippen molar-refractivity contribution in [2.24, 2.45) is 10.8 Å². The van der Waals surface area contributed by atoms with E-state index in [4.69, 9.17) is 0 Å². The molecule has 0 radical (unpaired) electrons. The Morgan fingerprint density at radius 3 is 1.73 bits per heavy atom. The number of aliphatic hydroxyl groups is 1. The quantitative estimate of drug-likeness (QED) is 0.314. The number of alkyl halides is 6. The summed E-state index contributed by atoms with van der Waals surface area (Å²) in [6.07, 6.45) is -9.55. The van der Waals surface area contributed by atoms with Crippen molar-refractivity contribution in [1.29, 1.82) is 0 Å². The van der Waals surface area contributed by atoms with Crippen molar-refractivity contribution < 1.29 is 36.2 Å². The van der Waals surface area contributed by atoms with Crippen LogP contribution in [0.5, 0.6) is 0 Å². The smallest absolute Gasteiger partial charge is 0.390 e. The summed E-state index contributed by atoms with van der Waals surface area (Å²) in [4.78, 5) is 12.9. The van der Waals surface area contributed by atoms with Gasteiger partial charge in [0.2, 0.25) is 0 Å². The first kappa shape index (κ1) is 22.8. The molecule has 1 aliphatic rings. The van der Waals surface area contributed by atoms with Crippen molar-refractivity contribution in [3.63, 3.8) is 0 Å².